The third-order valence-corrected chi connectivity index (χ3v) is 10.5. The van der Waals surface area contributed by atoms with Crippen LogP contribution < -0.4 is 4.74 Å². The Kier molecular flexibility index (Phi) is 3.72. The van der Waals surface area contributed by atoms with Crippen LogP contribution in [-0.4, -0.2) is 34.4 Å². The molecule has 0 unspecified atom stereocenters. The van der Waals surface area contributed by atoms with E-state index in [2.05, 4.69) is 16.4 Å². The molecule has 7 heteroatoms. The summed E-state index contributed by atoms with van der Waals surface area (Å²) >= 11 is 0. The summed E-state index contributed by atoms with van der Waals surface area (Å²) in [4.78, 5) is 0. The van der Waals surface area contributed by atoms with Crippen molar-refractivity contribution in [3.05, 3.63) is 23.7 Å². The van der Waals surface area contributed by atoms with Crippen LogP contribution in [-0.2, 0) is 15.6 Å². The zero-order valence-electron chi connectivity index (χ0n) is 17.2. The second-order valence-corrected chi connectivity index (χ2v) is 13.0. The monoisotopic (exact) mass is 427 g/mol. The minimum atomic E-state index is -3.12. The van der Waals surface area contributed by atoms with Gasteiger partial charge in [0.15, 0.2) is 21.3 Å². The van der Waals surface area contributed by atoms with E-state index in [1.165, 1.54) is 50.5 Å². The summed E-state index contributed by atoms with van der Waals surface area (Å²) < 4.78 is 33.7. The number of rotatable bonds is 6. The maximum Gasteiger partial charge on any atom is 0.164 e. The smallest absolute Gasteiger partial charge is 0.164 e. The summed E-state index contributed by atoms with van der Waals surface area (Å²) in [6.07, 6.45) is 13.2. The molecule has 0 saturated heterocycles. The van der Waals surface area contributed by atoms with Crippen molar-refractivity contribution in [2.75, 3.05) is 0 Å². The van der Waals surface area contributed by atoms with Crippen LogP contribution in [0.2, 0.25) is 0 Å². The predicted molar refractivity (Wildman–Crippen MR) is 112 cm³/mol. The molecule has 0 atom stereocenters. The number of fused-ring (bicyclic) bond motifs is 1. The van der Waals surface area contributed by atoms with Crippen molar-refractivity contribution in [1.82, 2.24) is 14.6 Å². The lowest BCUT2D eigenvalue weighted by atomic mass is 9.55. The summed E-state index contributed by atoms with van der Waals surface area (Å²) in [5.74, 6) is 5.32. The van der Waals surface area contributed by atoms with E-state index < -0.39 is 9.84 Å². The summed E-state index contributed by atoms with van der Waals surface area (Å²) in [6, 6.07) is 2.03. The second kappa shape index (κ2) is 6.21. The van der Waals surface area contributed by atoms with Crippen molar-refractivity contribution >= 4 is 15.5 Å². The Morgan fingerprint density at radius 1 is 0.967 bits per heavy atom. The first-order valence-corrected chi connectivity index (χ1v) is 13.5. The van der Waals surface area contributed by atoms with E-state index in [1.54, 1.807) is 0 Å². The molecule has 6 aliphatic rings. The first-order valence-electron chi connectivity index (χ1n) is 11.8. The van der Waals surface area contributed by atoms with Crippen LogP contribution in [0.4, 0.5) is 0 Å². The maximum absolute atomic E-state index is 12.5. The predicted octanol–water partition coefficient (Wildman–Crippen LogP) is 3.89. The van der Waals surface area contributed by atoms with Gasteiger partial charge in [-0.05, 0) is 87.4 Å². The first-order chi connectivity index (χ1) is 14.5. The zero-order chi connectivity index (χ0) is 20.0. The minimum absolute atomic E-state index is 0.0152. The average molecular weight is 428 g/mol. The molecular weight excluding hydrogens is 398 g/mol. The van der Waals surface area contributed by atoms with E-state index in [0.29, 0.717) is 35.3 Å². The van der Waals surface area contributed by atoms with Gasteiger partial charge in [-0.1, -0.05) is 0 Å². The lowest BCUT2D eigenvalue weighted by Crippen LogP contribution is -2.50. The molecule has 4 bridgehead atoms. The highest BCUT2D eigenvalue weighted by atomic mass is 32.2. The van der Waals surface area contributed by atoms with Gasteiger partial charge in [-0.15, -0.1) is 10.2 Å². The van der Waals surface area contributed by atoms with Gasteiger partial charge in [-0.2, -0.15) is 0 Å². The molecule has 160 valence electrons. The zero-order valence-corrected chi connectivity index (χ0v) is 18.1. The van der Waals surface area contributed by atoms with Crippen molar-refractivity contribution in [3.63, 3.8) is 0 Å². The number of hydrogen-bond acceptors (Lipinski definition) is 5. The average Bonchev–Trinajstić information content (AvgIpc) is 3.61. The number of nitrogens with zero attached hydrogens (tertiary/aromatic N) is 3. The normalized spacial score (nSPS) is 35.3. The molecule has 6 aliphatic carbocycles. The van der Waals surface area contributed by atoms with Crippen LogP contribution in [0.5, 0.6) is 5.75 Å². The van der Waals surface area contributed by atoms with E-state index in [-0.39, 0.29) is 11.0 Å². The maximum atomic E-state index is 12.5. The second-order valence-electron chi connectivity index (χ2n) is 10.7. The molecule has 6 fully saturated rings. The van der Waals surface area contributed by atoms with Crippen molar-refractivity contribution in [3.8, 4) is 5.75 Å². The van der Waals surface area contributed by atoms with Gasteiger partial charge in [-0.25, -0.2) is 8.42 Å². The van der Waals surface area contributed by atoms with Crippen LogP contribution in [0.25, 0.3) is 5.65 Å². The van der Waals surface area contributed by atoms with Crippen LogP contribution in [0, 0.1) is 23.7 Å². The molecule has 0 radical (unpaired) electrons. The minimum Gasteiger partial charge on any atom is -0.489 e. The van der Waals surface area contributed by atoms with E-state index in [1.807, 2.05) is 10.5 Å². The molecule has 8 rings (SSSR count). The van der Waals surface area contributed by atoms with Crippen LogP contribution >= 0.6 is 0 Å². The highest BCUT2D eigenvalue weighted by Crippen LogP contribution is 2.55. The van der Waals surface area contributed by atoms with Crippen molar-refractivity contribution < 1.29 is 13.2 Å². The summed E-state index contributed by atoms with van der Waals surface area (Å²) in [5, 5.41) is 8.39. The third-order valence-electron chi connectivity index (χ3n) is 8.39. The Morgan fingerprint density at radius 3 is 2.30 bits per heavy atom. The highest BCUT2D eigenvalue weighted by molar-refractivity contribution is 7.91. The van der Waals surface area contributed by atoms with Gasteiger partial charge >= 0.3 is 0 Å². The molecule has 2 heterocycles. The lowest BCUT2D eigenvalue weighted by molar-refractivity contribution is -0.0792. The largest absolute Gasteiger partial charge is 0.489 e. The van der Waals surface area contributed by atoms with Crippen LogP contribution in [0.1, 0.15) is 75.1 Å². The topological polar surface area (TPSA) is 73.6 Å². The number of sulfone groups is 1. The van der Waals surface area contributed by atoms with Gasteiger partial charge in [0.25, 0.3) is 0 Å². The lowest BCUT2D eigenvalue weighted by Gasteiger charge is -2.53. The Labute approximate surface area is 177 Å². The number of ether oxygens (including phenoxy) is 1. The highest BCUT2D eigenvalue weighted by Gasteiger charge is 2.49. The fraction of sp³-hybridized carbons (Fsp3) is 0.739. The SMILES string of the molecule is O=S(=O)(Cc1nnc2cc(OC3C4CC5CC(C4)CC3C5)c(C3CC3)cn12)C1CC1. The molecule has 0 amide bonds. The van der Waals surface area contributed by atoms with Crippen molar-refractivity contribution in [2.45, 2.75) is 80.8 Å². The fourth-order valence-electron chi connectivity index (χ4n) is 6.82. The number of hydrogen-bond donors (Lipinski definition) is 0. The van der Waals surface area contributed by atoms with E-state index >= 15 is 0 Å². The van der Waals surface area contributed by atoms with Gasteiger partial charge in [0.1, 0.15) is 17.6 Å². The van der Waals surface area contributed by atoms with Gasteiger partial charge in [0, 0.05) is 17.8 Å². The van der Waals surface area contributed by atoms with Gasteiger partial charge < -0.3 is 4.74 Å². The Bertz CT molecular complexity index is 1090. The summed E-state index contributed by atoms with van der Waals surface area (Å²) in [7, 11) is -3.12. The number of pyridine rings is 1. The standard InChI is InChI=1S/C23H29N3O3S/c27-30(28,18-3-4-18)12-22-25-24-21-10-20(19(11-26(21)22)15-1-2-15)29-23-16-6-13-5-14(8-16)9-17(23)7-13/h10-11,13-18,23H,1-9,12H2. The van der Waals surface area contributed by atoms with Gasteiger partial charge in [0.05, 0.1) is 5.25 Å². The van der Waals surface area contributed by atoms with Gasteiger partial charge in [0.2, 0.25) is 0 Å². The molecule has 2 aromatic rings. The van der Waals surface area contributed by atoms with E-state index in [4.69, 9.17) is 4.74 Å². The molecule has 0 aliphatic heterocycles. The molecule has 6 nitrogen and oxygen atoms in total. The molecule has 0 aromatic carbocycles. The Morgan fingerprint density at radius 2 is 1.67 bits per heavy atom. The molecule has 0 N–H and O–H groups in total. The molecule has 6 saturated carbocycles. The number of aromatic nitrogens is 3. The Balaban J connectivity index is 1.23. The third kappa shape index (κ3) is 2.91. The van der Waals surface area contributed by atoms with Crippen LogP contribution in [0.15, 0.2) is 12.3 Å². The quantitative estimate of drug-likeness (QED) is 0.699. The van der Waals surface area contributed by atoms with Crippen molar-refractivity contribution in [2.24, 2.45) is 23.7 Å². The first kappa shape index (κ1) is 18.0. The summed E-state index contributed by atoms with van der Waals surface area (Å²) in [6.45, 7) is 0. The van der Waals surface area contributed by atoms with E-state index in [0.717, 1.165) is 30.4 Å². The van der Waals surface area contributed by atoms with Crippen LogP contribution in [0.3, 0.4) is 0 Å². The van der Waals surface area contributed by atoms with Gasteiger partial charge in [-0.3, -0.25) is 4.40 Å². The van der Waals surface area contributed by atoms with Crippen molar-refractivity contribution in [1.29, 1.82) is 0 Å². The molecule has 2 aromatic heterocycles. The van der Waals surface area contributed by atoms with E-state index in [9.17, 15) is 8.42 Å². The fourth-order valence-corrected chi connectivity index (χ4v) is 8.47. The molecular formula is C23H29N3O3S. The Hall–Kier alpha value is -1.63. The molecule has 30 heavy (non-hydrogen) atoms. The summed E-state index contributed by atoms with van der Waals surface area (Å²) in [5.41, 5.74) is 1.93. The molecule has 0 spiro atoms.